The molecule has 1 aliphatic heterocycles. The van der Waals surface area contributed by atoms with Crippen molar-refractivity contribution in [2.75, 3.05) is 36.5 Å². The Bertz CT molecular complexity index is 2340. The van der Waals surface area contributed by atoms with Crippen LogP contribution in [0.1, 0.15) is 6.23 Å². The molecule has 29 heteroatoms. The number of rotatable bonds is 16. The first-order valence-corrected chi connectivity index (χ1v) is 22.2. The van der Waals surface area contributed by atoms with E-state index in [0.717, 1.165) is 10.9 Å². The van der Waals surface area contributed by atoms with Crippen molar-refractivity contribution < 1.29 is 74.2 Å². The first-order chi connectivity index (χ1) is 24.7. The van der Waals surface area contributed by atoms with E-state index in [1.165, 1.54) is 18.2 Å². The van der Waals surface area contributed by atoms with Crippen molar-refractivity contribution in [2.24, 2.45) is 0 Å². The Morgan fingerprint density at radius 2 is 1.74 bits per heavy atom. The van der Waals surface area contributed by atoms with Crippen LogP contribution in [0.3, 0.4) is 0 Å². The van der Waals surface area contributed by atoms with Gasteiger partial charge >= 0.3 is 22.4 Å². The van der Waals surface area contributed by atoms with E-state index in [4.69, 9.17) is 10.5 Å². The van der Waals surface area contributed by atoms with Gasteiger partial charge in [0, 0.05) is 29.5 Å². The van der Waals surface area contributed by atoms with E-state index in [0.29, 0.717) is 11.1 Å². The molecule has 3 heterocycles. The Morgan fingerprint density at radius 1 is 1.04 bits per heavy atom. The quantitative estimate of drug-likeness (QED) is 0.0404. The van der Waals surface area contributed by atoms with Gasteiger partial charge in [-0.25, -0.2) is 18.7 Å². The summed E-state index contributed by atoms with van der Waals surface area (Å²) >= 11 is -0.136. The summed E-state index contributed by atoms with van der Waals surface area (Å²) in [5, 5.41) is 27.0. The van der Waals surface area contributed by atoms with E-state index in [1.54, 1.807) is 18.2 Å². The number of benzene rings is 2. The van der Waals surface area contributed by atoms with Crippen molar-refractivity contribution in [3.8, 4) is 0 Å². The van der Waals surface area contributed by atoms with Crippen LogP contribution in [-0.2, 0) is 46.5 Å². The number of phosphoric ester groups is 1. The summed E-state index contributed by atoms with van der Waals surface area (Å²) in [6, 6.07) is 8.92. The van der Waals surface area contributed by atoms with Crippen molar-refractivity contribution in [3.05, 3.63) is 53.1 Å². The highest BCUT2D eigenvalue weighted by molar-refractivity contribution is 8.55. The van der Waals surface area contributed by atoms with Crippen LogP contribution in [0.4, 0.5) is 11.6 Å². The Morgan fingerprint density at radius 3 is 2.45 bits per heavy atom. The van der Waals surface area contributed by atoms with Crippen molar-refractivity contribution >= 4 is 83.4 Å². The predicted molar refractivity (Wildman–Crippen MR) is 184 cm³/mol. The zero-order chi connectivity index (χ0) is 38.9. The van der Waals surface area contributed by atoms with Gasteiger partial charge in [0.25, 0.3) is 15.7 Å². The molecule has 5 rings (SSSR count). The van der Waals surface area contributed by atoms with E-state index in [-0.39, 0.29) is 51.9 Å². The van der Waals surface area contributed by atoms with E-state index >= 15 is 0 Å². The van der Waals surface area contributed by atoms with Gasteiger partial charge in [0.2, 0.25) is 11.9 Å². The van der Waals surface area contributed by atoms with Crippen LogP contribution in [0, 0.1) is 0 Å². The van der Waals surface area contributed by atoms with Gasteiger partial charge in [-0.15, -0.1) is 0 Å². The zero-order valence-corrected chi connectivity index (χ0v) is 30.7. The SMILES string of the molecule is Nc1nc2c(ncn2[C@@H]2O[C@H](COP(=O)(O)OP(=O)(O)OP(=O)(O)SCC(=O)NCCNc3cccc4c(S(=O)(=O)O)cccc34)[C@@H](O)[C@H]2O)c(=O)[nH]1. The number of H-pyrrole nitrogens is 1. The molecule has 7 atom stereocenters. The molecular weight excluding hydrogens is 815 g/mol. The van der Waals surface area contributed by atoms with Crippen LogP contribution < -0.4 is 21.9 Å². The summed E-state index contributed by atoms with van der Waals surface area (Å²) in [4.78, 5) is 63.8. The fraction of sp³-hybridized carbons (Fsp3) is 0.333. The van der Waals surface area contributed by atoms with Gasteiger partial charge in [-0.2, -0.15) is 22.0 Å². The number of nitrogens with one attached hydrogen (secondary N) is 3. The Balaban J connectivity index is 1.08. The third-order valence-corrected chi connectivity index (χ3v) is 14.5. The van der Waals surface area contributed by atoms with Gasteiger partial charge in [0.15, 0.2) is 17.4 Å². The monoisotopic (exact) mass is 845 g/mol. The van der Waals surface area contributed by atoms with E-state index in [1.807, 2.05) is 0 Å². The molecule has 0 aliphatic carbocycles. The lowest BCUT2D eigenvalue weighted by Crippen LogP contribution is -2.33. The Kier molecular flexibility index (Phi) is 12.2. The standard InChI is InChI=1S/C24H30N7O17P3S2/c25-24-29-21-18(22(35)30-24)28-11-31(21)23-20(34)19(33)15(46-23)9-45-49(36,37)47-50(38,39)48-51(40,41)52-10-17(32)27-8-7-26-14-5-1-4-13-12(14)3-2-6-16(13)53(42,43)44/h1-6,11,15,19-20,23,26,33-34H,7-10H2,(H,27,32)(H,36,37)(H,38,39)(H,40,41)(H,42,43,44)(H3,25,29,30,35)/t15-,19-,20-,23-/m1/s1. The molecule has 290 valence electrons. The molecule has 0 saturated carbocycles. The van der Waals surface area contributed by atoms with Crippen LogP contribution in [0.2, 0.25) is 0 Å². The fourth-order valence-corrected chi connectivity index (χ4v) is 11.3. The molecule has 1 amide bonds. The average Bonchev–Trinajstić information content (AvgIpc) is 3.59. The van der Waals surface area contributed by atoms with Crippen molar-refractivity contribution in [1.82, 2.24) is 24.8 Å². The summed E-state index contributed by atoms with van der Waals surface area (Å²) in [6.07, 6.45) is -5.56. The van der Waals surface area contributed by atoms with Crippen LogP contribution in [-0.4, -0.2) is 107 Å². The topological polar surface area (TPSA) is 374 Å². The number of nitrogens with zero attached hydrogens (tertiary/aromatic N) is 3. The highest BCUT2D eigenvalue weighted by Crippen LogP contribution is 2.71. The van der Waals surface area contributed by atoms with Gasteiger partial charge < -0.3 is 46.0 Å². The Labute approximate surface area is 300 Å². The lowest BCUT2D eigenvalue weighted by atomic mass is 10.1. The molecule has 1 fully saturated rings. The first-order valence-electron chi connectivity index (χ1n) is 14.6. The van der Waals surface area contributed by atoms with Crippen molar-refractivity contribution in [1.29, 1.82) is 0 Å². The second kappa shape index (κ2) is 15.8. The zero-order valence-electron chi connectivity index (χ0n) is 26.4. The molecule has 2 aromatic heterocycles. The van der Waals surface area contributed by atoms with Crippen LogP contribution in [0.5, 0.6) is 0 Å². The van der Waals surface area contributed by atoms with Gasteiger partial charge in [-0.3, -0.25) is 28.2 Å². The van der Waals surface area contributed by atoms with Crippen LogP contribution in [0.25, 0.3) is 21.9 Å². The second-order valence-electron chi connectivity index (χ2n) is 10.9. The maximum Gasteiger partial charge on any atom is 0.488 e. The van der Waals surface area contributed by atoms with Gasteiger partial charge in [-0.05, 0) is 23.5 Å². The van der Waals surface area contributed by atoms with Gasteiger partial charge in [0.1, 0.15) is 23.2 Å². The van der Waals surface area contributed by atoms with Crippen LogP contribution in [0.15, 0.2) is 52.4 Å². The molecule has 0 spiro atoms. The minimum atomic E-state index is -5.85. The average molecular weight is 846 g/mol. The van der Waals surface area contributed by atoms with Gasteiger partial charge in [-0.1, -0.05) is 24.3 Å². The molecule has 2 aromatic carbocycles. The van der Waals surface area contributed by atoms with E-state index < -0.39 is 80.9 Å². The number of anilines is 2. The van der Waals surface area contributed by atoms with E-state index in [9.17, 15) is 61.1 Å². The van der Waals surface area contributed by atoms with Gasteiger partial charge in [0.05, 0.1) is 18.7 Å². The number of nitrogen functional groups attached to an aromatic ring is 1. The predicted octanol–water partition coefficient (Wildman–Crippen LogP) is 0.0334. The number of aromatic amines is 1. The summed E-state index contributed by atoms with van der Waals surface area (Å²) in [5.74, 6) is -1.93. The number of amides is 1. The number of ether oxygens (including phenoxy) is 1. The lowest BCUT2D eigenvalue weighted by molar-refractivity contribution is -0.118. The number of phosphoric acid groups is 2. The number of carbonyl (C=O) groups excluding carboxylic acids is 1. The first kappa shape index (κ1) is 40.9. The molecule has 0 radical (unpaired) electrons. The van der Waals surface area contributed by atoms with E-state index in [2.05, 4.69) is 38.7 Å². The third kappa shape index (κ3) is 10.1. The van der Waals surface area contributed by atoms with Crippen molar-refractivity contribution in [3.63, 3.8) is 0 Å². The minimum absolute atomic E-state index is 0.0571. The molecule has 1 aliphatic rings. The molecule has 3 unspecified atom stereocenters. The molecule has 11 N–H and O–H groups in total. The smallest absolute Gasteiger partial charge is 0.387 e. The fourth-order valence-electron chi connectivity index (χ4n) is 4.97. The minimum Gasteiger partial charge on any atom is -0.387 e. The number of carbonyl (C=O) groups is 1. The number of aromatic nitrogens is 4. The molecular formula is C24H30N7O17P3S2. The summed E-state index contributed by atoms with van der Waals surface area (Å²) in [7, 11) is -16.0. The maximum atomic E-state index is 12.4. The summed E-state index contributed by atoms with van der Waals surface area (Å²) in [6.45, 7) is -6.24. The molecule has 4 aromatic rings. The number of imidazole rings is 1. The van der Waals surface area contributed by atoms with Crippen LogP contribution >= 0.6 is 33.8 Å². The number of hydrogen-bond donors (Lipinski definition) is 10. The highest BCUT2D eigenvalue weighted by atomic mass is 32.7. The lowest BCUT2D eigenvalue weighted by Gasteiger charge is -2.20. The number of nitrogens with two attached hydrogens (primary N) is 1. The summed E-state index contributed by atoms with van der Waals surface area (Å²) < 4.78 is 89.2. The molecule has 24 nitrogen and oxygen atoms in total. The molecule has 53 heavy (non-hydrogen) atoms. The molecule has 1 saturated heterocycles. The number of fused-ring (bicyclic) bond motifs is 2. The largest absolute Gasteiger partial charge is 0.488 e. The maximum absolute atomic E-state index is 12.4. The second-order valence-corrected chi connectivity index (χ2v) is 19.3. The summed E-state index contributed by atoms with van der Waals surface area (Å²) in [5.41, 5.74) is 4.96. The number of aliphatic hydroxyl groups excluding tert-OH is 2. The molecule has 0 bridgehead atoms. The third-order valence-electron chi connectivity index (χ3n) is 7.16. The number of aliphatic hydroxyl groups is 2. The Hall–Kier alpha value is -3.29. The number of hydrogen-bond acceptors (Lipinski definition) is 18. The normalized spacial score (nSPS) is 22.6. The van der Waals surface area contributed by atoms with Crippen molar-refractivity contribution in [2.45, 2.75) is 29.4 Å². The highest BCUT2D eigenvalue weighted by Gasteiger charge is 2.47.